The molecule has 4 heteroatoms. The standard InChI is InChI=1S/C17H17N3O/c1-12-7-6-10-15(13(12)2)19-17-18-11-16(21)20(17)14-8-4-3-5-9-14/h3-10H,11H2,1-2H3,(H,18,19). The number of benzene rings is 2. The molecule has 1 aliphatic rings. The molecule has 1 amide bonds. The zero-order valence-corrected chi connectivity index (χ0v) is 12.1. The molecule has 0 aliphatic carbocycles. The van der Waals surface area contributed by atoms with Gasteiger partial charge in [0.25, 0.3) is 5.91 Å². The van der Waals surface area contributed by atoms with Crippen LogP contribution >= 0.6 is 0 Å². The van der Waals surface area contributed by atoms with E-state index in [9.17, 15) is 4.79 Å². The summed E-state index contributed by atoms with van der Waals surface area (Å²) in [7, 11) is 0. The Morgan fingerprint density at radius 2 is 1.81 bits per heavy atom. The smallest absolute Gasteiger partial charge is 0.255 e. The van der Waals surface area contributed by atoms with Gasteiger partial charge in [-0.1, -0.05) is 30.3 Å². The summed E-state index contributed by atoms with van der Waals surface area (Å²) in [6, 6.07) is 15.6. The fourth-order valence-corrected chi connectivity index (χ4v) is 2.35. The normalized spacial score (nSPS) is 14.3. The van der Waals surface area contributed by atoms with Crippen LogP contribution in [-0.2, 0) is 4.79 Å². The van der Waals surface area contributed by atoms with Crippen LogP contribution in [0.1, 0.15) is 11.1 Å². The minimum Gasteiger partial charge on any atom is -0.325 e. The van der Waals surface area contributed by atoms with Crippen LogP contribution < -0.4 is 10.2 Å². The summed E-state index contributed by atoms with van der Waals surface area (Å²) in [5.74, 6) is 0.564. The number of para-hydroxylation sites is 1. The van der Waals surface area contributed by atoms with Gasteiger partial charge in [-0.25, -0.2) is 9.89 Å². The van der Waals surface area contributed by atoms with Gasteiger partial charge in [-0.15, -0.1) is 0 Å². The van der Waals surface area contributed by atoms with E-state index in [4.69, 9.17) is 0 Å². The van der Waals surface area contributed by atoms with E-state index >= 15 is 0 Å². The van der Waals surface area contributed by atoms with Gasteiger partial charge in [0.1, 0.15) is 6.54 Å². The van der Waals surface area contributed by atoms with E-state index in [1.807, 2.05) is 42.5 Å². The van der Waals surface area contributed by atoms with Crippen LogP contribution in [0.15, 0.2) is 53.5 Å². The van der Waals surface area contributed by atoms with Crippen LogP contribution in [0, 0.1) is 13.8 Å². The van der Waals surface area contributed by atoms with Gasteiger partial charge in [-0.3, -0.25) is 4.79 Å². The second-order valence-electron chi connectivity index (χ2n) is 5.08. The van der Waals surface area contributed by atoms with E-state index < -0.39 is 0 Å². The molecule has 2 aromatic rings. The van der Waals surface area contributed by atoms with Gasteiger partial charge >= 0.3 is 0 Å². The highest BCUT2D eigenvalue weighted by Gasteiger charge is 2.27. The average molecular weight is 279 g/mol. The largest absolute Gasteiger partial charge is 0.325 e. The lowest BCUT2D eigenvalue weighted by molar-refractivity contribution is -0.115. The van der Waals surface area contributed by atoms with Crippen LogP contribution in [-0.4, -0.2) is 18.4 Å². The summed E-state index contributed by atoms with van der Waals surface area (Å²) >= 11 is 0. The maximum atomic E-state index is 12.1. The lowest BCUT2D eigenvalue weighted by Gasteiger charge is -2.20. The van der Waals surface area contributed by atoms with E-state index in [0.29, 0.717) is 5.96 Å². The van der Waals surface area contributed by atoms with E-state index in [0.717, 1.165) is 16.9 Å². The second-order valence-corrected chi connectivity index (χ2v) is 5.08. The van der Waals surface area contributed by atoms with Crippen molar-refractivity contribution < 1.29 is 4.79 Å². The third-order valence-electron chi connectivity index (χ3n) is 3.69. The topological polar surface area (TPSA) is 44.7 Å². The molecule has 0 radical (unpaired) electrons. The van der Waals surface area contributed by atoms with Gasteiger partial charge in [0.15, 0.2) is 0 Å². The summed E-state index contributed by atoms with van der Waals surface area (Å²) in [6.45, 7) is 4.31. The summed E-state index contributed by atoms with van der Waals surface area (Å²) < 4.78 is 0. The Labute approximate surface area is 124 Å². The third kappa shape index (κ3) is 2.52. The first kappa shape index (κ1) is 13.4. The summed E-state index contributed by atoms with van der Waals surface area (Å²) in [4.78, 5) is 18.0. The molecule has 0 unspecified atom stereocenters. The summed E-state index contributed by atoms with van der Waals surface area (Å²) in [6.07, 6.45) is 0. The monoisotopic (exact) mass is 279 g/mol. The van der Waals surface area contributed by atoms with Crippen molar-refractivity contribution in [2.45, 2.75) is 13.8 Å². The average Bonchev–Trinajstić information content (AvgIpc) is 2.86. The zero-order valence-electron chi connectivity index (χ0n) is 12.1. The maximum absolute atomic E-state index is 12.1. The number of aryl methyl sites for hydroxylation is 1. The third-order valence-corrected chi connectivity index (χ3v) is 3.69. The molecular weight excluding hydrogens is 262 g/mol. The first-order valence-corrected chi connectivity index (χ1v) is 6.92. The van der Waals surface area contributed by atoms with Crippen molar-refractivity contribution in [3.05, 3.63) is 59.7 Å². The zero-order chi connectivity index (χ0) is 14.8. The lowest BCUT2D eigenvalue weighted by atomic mass is 10.1. The molecule has 1 aliphatic heterocycles. The molecule has 3 rings (SSSR count). The predicted molar refractivity (Wildman–Crippen MR) is 85.8 cm³/mol. The van der Waals surface area contributed by atoms with Crippen molar-refractivity contribution in [3.63, 3.8) is 0 Å². The van der Waals surface area contributed by atoms with Gasteiger partial charge in [-0.2, -0.15) is 0 Å². The number of aliphatic imine (C=N–C) groups is 1. The van der Waals surface area contributed by atoms with Crippen LogP contribution in [0.5, 0.6) is 0 Å². The fraction of sp³-hybridized carbons (Fsp3) is 0.176. The molecule has 0 atom stereocenters. The molecule has 4 nitrogen and oxygen atoms in total. The number of nitrogens with zero attached hydrogens (tertiary/aromatic N) is 2. The molecule has 1 N–H and O–H groups in total. The Morgan fingerprint density at radius 3 is 2.57 bits per heavy atom. The molecule has 106 valence electrons. The fourth-order valence-electron chi connectivity index (χ4n) is 2.35. The molecule has 21 heavy (non-hydrogen) atoms. The highest BCUT2D eigenvalue weighted by molar-refractivity contribution is 6.24. The molecule has 0 fully saturated rings. The van der Waals surface area contributed by atoms with Gasteiger partial charge in [0.05, 0.1) is 5.69 Å². The molecule has 1 heterocycles. The van der Waals surface area contributed by atoms with Crippen molar-refractivity contribution in [1.29, 1.82) is 0 Å². The molecule has 0 aromatic heterocycles. The van der Waals surface area contributed by atoms with Crippen molar-refractivity contribution in [2.75, 3.05) is 16.8 Å². The molecular formula is C17H17N3O. The van der Waals surface area contributed by atoms with E-state index in [1.54, 1.807) is 4.90 Å². The van der Waals surface area contributed by atoms with Crippen LogP contribution in [0.25, 0.3) is 0 Å². The number of carbonyl (C=O) groups is 1. The molecule has 0 bridgehead atoms. The summed E-state index contributed by atoms with van der Waals surface area (Å²) in [5.41, 5.74) is 4.17. The number of carbonyl (C=O) groups excluding carboxylic acids is 1. The Hall–Kier alpha value is -2.62. The van der Waals surface area contributed by atoms with Crippen molar-refractivity contribution in [3.8, 4) is 0 Å². The highest BCUT2D eigenvalue weighted by atomic mass is 16.2. The molecule has 0 saturated carbocycles. The molecule has 0 spiro atoms. The minimum atomic E-state index is -0.0194. The SMILES string of the molecule is Cc1cccc(NC2=NCC(=O)N2c2ccccc2)c1C. The summed E-state index contributed by atoms with van der Waals surface area (Å²) in [5, 5.41) is 3.28. The Kier molecular flexibility index (Phi) is 3.44. The van der Waals surface area contributed by atoms with Crippen molar-refractivity contribution in [2.24, 2.45) is 4.99 Å². The van der Waals surface area contributed by atoms with Crippen LogP contribution in [0.3, 0.4) is 0 Å². The number of nitrogens with one attached hydrogen (secondary N) is 1. The Bertz CT molecular complexity index is 707. The number of anilines is 2. The van der Waals surface area contributed by atoms with Gasteiger partial charge < -0.3 is 5.32 Å². The van der Waals surface area contributed by atoms with E-state index in [2.05, 4.69) is 30.2 Å². The van der Waals surface area contributed by atoms with E-state index in [-0.39, 0.29) is 12.5 Å². The molecule has 0 saturated heterocycles. The van der Waals surface area contributed by atoms with Crippen molar-refractivity contribution in [1.82, 2.24) is 0 Å². The number of guanidine groups is 1. The second kappa shape index (κ2) is 5.40. The van der Waals surface area contributed by atoms with Gasteiger partial charge in [0.2, 0.25) is 5.96 Å². The van der Waals surface area contributed by atoms with Gasteiger partial charge in [-0.05, 0) is 43.2 Å². The number of amides is 1. The first-order chi connectivity index (χ1) is 10.2. The highest BCUT2D eigenvalue weighted by Crippen LogP contribution is 2.22. The lowest BCUT2D eigenvalue weighted by Crippen LogP contribution is -2.37. The number of hydrogen-bond donors (Lipinski definition) is 1. The Balaban J connectivity index is 1.91. The van der Waals surface area contributed by atoms with Crippen LogP contribution in [0.4, 0.5) is 11.4 Å². The van der Waals surface area contributed by atoms with Gasteiger partial charge in [0, 0.05) is 5.69 Å². The minimum absolute atomic E-state index is 0.0194. The van der Waals surface area contributed by atoms with E-state index in [1.165, 1.54) is 5.56 Å². The number of hydrogen-bond acceptors (Lipinski definition) is 3. The Morgan fingerprint density at radius 1 is 1.05 bits per heavy atom. The van der Waals surface area contributed by atoms with Crippen molar-refractivity contribution >= 4 is 23.2 Å². The quantitative estimate of drug-likeness (QED) is 0.918. The first-order valence-electron chi connectivity index (χ1n) is 6.92. The molecule has 2 aromatic carbocycles. The van der Waals surface area contributed by atoms with Crippen LogP contribution in [0.2, 0.25) is 0 Å². The number of rotatable bonds is 2. The maximum Gasteiger partial charge on any atom is 0.255 e. The predicted octanol–water partition coefficient (Wildman–Crippen LogP) is 3.12.